The van der Waals surface area contributed by atoms with Crippen LogP contribution in [0.4, 0.5) is 0 Å². The average molecular weight is 180 g/mol. The van der Waals surface area contributed by atoms with Gasteiger partial charge in [0.05, 0.1) is 0 Å². The maximum atomic E-state index is 8.62. The molecule has 0 bridgehead atoms. The molecule has 6 heteroatoms. The zero-order chi connectivity index (χ0) is 4.50. The van der Waals surface area contributed by atoms with E-state index in [9.17, 15) is 0 Å². The van der Waals surface area contributed by atoms with Crippen LogP contribution < -0.4 is 10.0 Å². The van der Waals surface area contributed by atoms with E-state index in [0.717, 1.165) is 0 Å². The second-order valence-corrected chi connectivity index (χ2v) is 2.24. The van der Waals surface area contributed by atoms with Crippen molar-refractivity contribution in [3.8, 4) is 0 Å². The van der Waals surface area contributed by atoms with E-state index in [4.69, 9.17) is 14.4 Å². The number of hydrogen-bond acceptors (Lipinski definition) is 4. The first-order valence-corrected chi connectivity index (χ1v) is 3.65. The van der Waals surface area contributed by atoms with Gasteiger partial charge in [0.1, 0.15) is 0 Å². The Kier molecular flexibility index (Phi) is 3.43. The summed E-state index contributed by atoms with van der Waals surface area (Å²) in [6, 6.07) is 0. The van der Waals surface area contributed by atoms with E-state index in [1.807, 2.05) is 0 Å². The molecular weight excluding hydrogens is 176 g/mol. The van der Waals surface area contributed by atoms with Crippen LogP contribution in [0.5, 0.6) is 0 Å². The molecule has 0 aliphatic rings. The van der Waals surface area contributed by atoms with Crippen LogP contribution in [0.15, 0.2) is 0 Å². The van der Waals surface area contributed by atoms with Crippen LogP contribution in [0.25, 0.3) is 0 Å². The first kappa shape index (κ1) is 9.36. The molecule has 0 aliphatic heterocycles. The van der Waals surface area contributed by atoms with Crippen molar-refractivity contribution in [1.82, 2.24) is 6.15 Å². The van der Waals surface area contributed by atoms with Gasteiger partial charge in [0.15, 0.2) is 0 Å². The summed E-state index contributed by atoms with van der Waals surface area (Å²) in [4.78, 5) is 0. The van der Waals surface area contributed by atoms with Crippen molar-refractivity contribution < 1.29 is 29.9 Å². The van der Waals surface area contributed by atoms with Crippen LogP contribution in [0.3, 0.4) is 0 Å². The van der Waals surface area contributed by atoms with Gasteiger partial charge in [0.25, 0.3) is 0 Å². The summed E-state index contributed by atoms with van der Waals surface area (Å²) >= 11 is -5.94. The summed E-state index contributed by atoms with van der Waals surface area (Å²) in [5, 5.41) is 0. The minimum absolute atomic E-state index is 0. The van der Waals surface area contributed by atoms with E-state index in [1.54, 1.807) is 0 Å². The summed E-state index contributed by atoms with van der Waals surface area (Å²) < 4.78 is 34.5. The molecule has 0 fully saturated rings. The molecule has 0 spiro atoms. The Morgan fingerprint density at radius 3 is 1.17 bits per heavy atom. The monoisotopic (exact) mass is 179 g/mol. The normalized spacial score (nSPS) is 9.50. The van der Waals surface area contributed by atoms with Gasteiger partial charge >= 0.3 is 29.9 Å². The van der Waals surface area contributed by atoms with Gasteiger partial charge in [-0.15, -0.1) is 0 Å². The fraction of sp³-hybridized carbons (Fsp3) is 0. The van der Waals surface area contributed by atoms with Crippen LogP contribution in [-0.2, 0) is 26.0 Å². The third-order valence-electron chi connectivity index (χ3n) is 0. The number of quaternary nitrogens is 1. The van der Waals surface area contributed by atoms with Gasteiger partial charge in [-0.05, 0) is 0 Å². The van der Waals surface area contributed by atoms with Gasteiger partial charge in [0, 0.05) is 0 Å². The van der Waals surface area contributed by atoms with Crippen molar-refractivity contribution >= 4 is 0 Å². The van der Waals surface area contributed by atoms with Gasteiger partial charge in [0.2, 0.25) is 0 Å². The first-order valence-electron chi connectivity index (χ1n) is 0.617. The molecule has 6 heavy (non-hydrogen) atoms. The molecule has 0 heterocycles. The van der Waals surface area contributed by atoms with Crippen molar-refractivity contribution in [3.63, 3.8) is 0 Å². The molecule has 0 aromatic heterocycles. The summed E-state index contributed by atoms with van der Waals surface area (Å²) in [5.41, 5.74) is 0. The molecule has 5 nitrogen and oxygen atoms in total. The predicted octanol–water partition coefficient (Wildman–Crippen LogP) is -1.17. The fourth-order valence-corrected chi connectivity index (χ4v) is 0. The Balaban J connectivity index is 0. The second kappa shape index (κ2) is 2.20. The maximum absolute atomic E-state index is 8.62. The standard InChI is InChI=1S/H3N.4O.Tc/h1H3;;;;;/q;;;;-1;/p+1. The first-order chi connectivity index (χ1) is 2.00. The van der Waals surface area contributed by atoms with Crippen molar-refractivity contribution in [3.05, 3.63) is 0 Å². The molecule has 40 valence electrons. The fourth-order valence-electron chi connectivity index (χ4n) is 0. The number of hydrogen-bond donors (Lipinski definition) is 1. The Morgan fingerprint density at radius 1 is 1.17 bits per heavy atom. The van der Waals surface area contributed by atoms with Crippen LogP contribution in [0.2, 0.25) is 0 Å². The molecule has 0 rings (SSSR count). The molecule has 0 saturated carbocycles. The van der Waals surface area contributed by atoms with Crippen LogP contribution in [0, 0.1) is 0 Å². The third kappa shape index (κ3) is 37300. The summed E-state index contributed by atoms with van der Waals surface area (Å²) in [6.07, 6.45) is 0. The molecule has 0 atom stereocenters. The summed E-state index contributed by atoms with van der Waals surface area (Å²) in [6.45, 7) is 0. The van der Waals surface area contributed by atoms with Crippen LogP contribution in [0.1, 0.15) is 0 Å². The Hall–Kier alpha value is -0.0306. The van der Waals surface area contributed by atoms with Gasteiger partial charge < -0.3 is 6.15 Å². The Bertz CT molecular complexity index is 129. The van der Waals surface area contributed by atoms with E-state index in [2.05, 4.69) is 0 Å². The molecule has 0 saturated heterocycles. The SMILES string of the molecule is [NH4+].[O]=[Tc](=[O])(=[O])[O-]. The van der Waals surface area contributed by atoms with E-state index >= 15 is 0 Å². The molecule has 0 aliphatic carbocycles. The molecular formula is H4NO4Tc. The molecule has 0 radical (unpaired) electrons. The van der Waals surface area contributed by atoms with Crippen molar-refractivity contribution in [2.75, 3.05) is 0 Å². The van der Waals surface area contributed by atoms with Gasteiger partial charge in [-0.2, -0.15) is 0 Å². The van der Waals surface area contributed by atoms with Crippen LogP contribution >= 0.6 is 0 Å². The van der Waals surface area contributed by atoms with Crippen molar-refractivity contribution in [1.29, 1.82) is 0 Å². The van der Waals surface area contributed by atoms with Crippen molar-refractivity contribution in [2.45, 2.75) is 0 Å². The Labute approximate surface area is 36.8 Å². The molecule has 0 aromatic rings. The van der Waals surface area contributed by atoms with E-state index < -0.39 is 15.5 Å². The zero-order valence-corrected chi connectivity index (χ0v) is 4.87. The van der Waals surface area contributed by atoms with Crippen molar-refractivity contribution in [2.24, 2.45) is 0 Å². The molecule has 0 aromatic carbocycles. The van der Waals surface area contributed by atoms with Gasteiger partial charge in [-0.1, -0.05) is 0 Å². The van der Waals surface area contributed by atoms with Gasteiger partial charge in [-0.25, -0.2) is 0 Å². The molecule has 0 unspecified atom stereocenters. The average Bonchev–Trinajstić information content (AvgIpc) is 0.722. The van der Waals surface area contributed by atoms with E-state index in [1.165, 1.54) is 0 Å². The quantitative estimate of drug-likeness (QED) is 0.506. The second-order valence-electron chi connectivity index (χ2n) is 0.378. The predicted molar refractivity (Wildman–Crippen MR) is 8.04 cm³/mol. The third-order valence-corrected chi connectivity index (χ3v) is 0. The molecule has 4 N–H and O–H groups in total. The topological polar surface area (TPSA) is 111 Å². The van der Waals surface area contributed by atoms with E-state index in [0.29, 0.717) is 0 Å². The minimum atomic E-state index is -5.94. The zero-order valence-electron chi connectivity index (χ0n) is 3.01. The summed E-state index contributed by atoms with van der Waals surface area (Å²) in [5.74, 6) is 0. The van der Waals surface area contributed by atoms with E-state index in [-0.39, 0.29) is 6.15 Å². The van der Waals surface area contributed by atoms with Crippen LogP contribution in [-0.4, -0.2) is 0 Å². The number of rotatable bonds is 0. The van der Waals surface area contributed by atoms with Gasteiger partial charge in [-0.3, -0.25) is 0 Å². The Morgan fingerprint density at radius 2 is 1.17 bits per heavy atom. The molecule has 0 amide bonds. The summed E-state index contributed by atoms with van der Waals surface area (Å²) in [7, 11) is 0.